The maximum absolute atomic E-state index is 5.49. The molecule has 0 saturated carbocycles. The Labute approximate surface area is 163 Å². The summed E-state index contributed by atoms with van der Waals surface area (Å²) in [7, 11) is -1.57. The first kappa shape index (κ1) is 18.1. The number of hydrogen-bond acceptors (Lipinski definition) is 0. The minimum absolute atomic E-state index is 0.784. The van der Waals surface area contributed by atoms with Gasteiger partial charge < -0.3 is 4.86 Å². The van der Waals surface area contributed by atoms with Gasteiger partial charge in [0.05, 0.1) is 0 Å². The fraction of sp³-hybridized carbons (Fsp3) is 0. The first-order valence-electron chi connectivity index (χ1n) is 8.94. The lowest BCUT2D eigenvalue weighted by Crippen LogP contribution is -2.15. The zero-order valence-electron chi connectivity index (χ0n) is 14.9. The molecular formula is C24H20NP2-. The molecule has 132 valence electrons. The highest BCUT2D eigenvalue weighted by atomic mass is 31.2. The highest BCUT2D eigenvalue weighted by Gasteiger charge is 2.10. The van der Waals surface area contributed by atoms with Crippen LogP contribution in [0, 0.1) is 0 Å². The Hall–Kier alpha value is -2.30. The number of benzene rings is 4. The molecule has 0 aliphatic heterocycles. The molecule has 0 amide bonds. The SMILES string of the molecule is c1ccc(P([N-]P(c2ccccc2)c2ccccc2)c2ccccc2)cc1. The molecule has 3 heteroatoms. The first-order valence-corrected chi connectivity index (χ1v) is 11.5. The van der Waals surface area contributed by atoms with Gasteiger partial charge >= 0.3 is 0 Å². The summed E-state index contributed by atoms with van der Waals surface area (Å²) < 4.78 is 0. The molecule has 0 unspecified atom stereocenters. The van der Waals surface area contributed by atoms with E-state index >= 15 is 0 Å². The van der Waals surface area contributed by atoms with E-state index in [1.54, 1.807) is 0 Å². The Bertz CT molecular complexity index is 785. The average Bonchev–Trinajstić information content (AvgIpc) is 2.77. The molecule has 4 aromatic rings. The van der Waals surface area contributed by atoms with Crippen LogP contribution in [0.3, 0.4) is 0 Å². The molecular weight excluding hydrogens is 364 g/mol. The molecule has 0 atom stereocenters. The lowest BCUT2D eigenvalue weighted by atomic mass is 10.4. The van der Waals surface area contributed by atoms with Gasteiger partial charge in [-0.15, -0.1) is 0 Å². The molecule has 0 heterocycles. The molecule has 4 rings (SSSR count). The predicted octanol–water partition coefficient (Wildman–Crippen LogP) is 5.46. The van der Waals surface area contributed by atoms with E-state index in [2.05, 4.69) is 121 Å². The smallest absolute Gasteiger partial charge is 0.0398 e. The molecule has 1 nitrogen and oxygen atoms in total. The van der Waals surface area contributed by atoms with Crippen molar-refractivity contribution in [1.82, 2.24) is 0 Å². The number of rotatable bonds is 6. The number of nitrogens with zero attached hydrogens (tertiary/aromatic N) is 1. The van der Waals surface area contributed by atoms with Gasteiger partial charge in [0.2, 0.25) is 0 Å². The molecule has 0 N–H and O–H groups in total. The van der Waals surface area contributed by atoms with Crippen molar-refractivity contribution in [3.63, 3.8) is 0 Å². The molecule has 27 heavy (non-hydrogen) atoms. The summed E-state index contributed by atoms with van der Waals surface area (Å²) in [5.41, 5.74) is 0. The normalized spacial score (nSPS) is 11.0. The second-order valence-electron chi connectivity index (χ2n) is 6.06. The summed E-state index contributed by atoms with van der Waals surface area (Å²) in [6.07, 6.45) is 0. The second kappa shape index (κ2) is 9.07. The standard InChI is InChI=1S/C24H20NP2/c1-5-13-21(14-6-1)26(22-15-7-2-8-16-22)25-27(23-17-9-3-10-18-23)24-19-11-4-12-20-24/h1-20H/q-1. The third kappa shape index (κ3) is 4.52. The lowest BCUT2D eigenvalue weighted by Gasteiger charge is -2.42. The predicted molar refractivity (Wildman–Crippen MR) is 122 cm³/mol. The van der Waals surface area contributed by atoms with Gasteiger partial charge in [0.15, 0.2) is 0 Å². The van der Waals surface area contributed by atoms with Crippen LogP contribution < -0.4 is 21.2 Å². The van der Waals surface area contributed by atoms with E-state index in [0.717, 1.165) is 0 Å². The molecule has 0 aliphatic rings. The first-order chi connectivity index (χ1) is 13.4. The Balaban J connectivity index is 1.77. The van der Waals surface area contributed by atoms with Crippen LogP contribution in [0.5, 0.6) is 0 Å². The van der Waals surface area contributed by atoms with Crippen molar-refractivity contribution in [2.45, 2.75) is 0 Å². The minimum atomic E-state index is -0.784. The van der Waals surface area contributed by atoms with Gasteiger partial charge in [-0.05, 0) is 21.2 Å². The van der Waals surface area contributed by atoms with E-state index in [-0.39, 0.29) is 0 Å². The quantitative estimate of drug-likeness (QED) is 0.392. The zero-order chi connectivity index (χ0) is 18.3. The van der Waals surface area contributed by atoms with Gasteiger partial charge in [-0.25, -0.2) is 0 Å². The molecule has 0 fully saturated rings. The van der Waals surface area contributed by atoms with Crippen LogP contribution in [0.4, 0.5) is 0 Å². The molecule has 0 saturated heterocycles. The molecule has 0 radical (unpaired) electrons. The van der Waals surface area contributed by atoms with Crippen molar-refractivity contribution in [2.24, 2.45) is 0 Å². The second-order valence-corrected chi connectivity index (χ2v) is 10.1. The Morgan fingerprint density at radius 1 is 0.333 bits per heavy atom. The third-order valence-electron chi connectivity index (χ3n) is 4.18. The van der Waals surface area contributed by atoms with Gasteiger partial charge in [-0.2, -0.15) is 16.1 Å². The average molecular weight is 384 g/mol. The van der Waals surface area contributed by atoms with E-state index in [9.17, 15) is 0 Å². The van der Waals surface area contributed by atoms with Gasteiger partial charge in [0, 0.05) is 0 Å². The minimum Gasteiger partial charge on any atom is -0.595 e. The van der Waals surface area contributed by atoms with Crippen molar-refractivity contribution in [3.8, 4) is 0 Å². The summed E-state index contributed by atoms with van der Waals surface area (Å²) in [5.74, 6) is 0. The van der Waals surface area contributed by atoms with Crippen molar-refractivity contribution in [2.75, 3.05) is 0 Å². The summed E-state index contributed by atoms with van der Waals surface area (Å²) in [4.78, 5) is 5.49. The molecule has 0 bridgehead atoms. The van der Waals surface area contributed by atoms with Crippen molar-refractivity contribution in [3.05, 3.63) is 126 Å². The van der Waals surface area contributed by atoms with Gasteiger partial charge in [-0.1, -0.05) is 121 Å². The Kier molecular flexibility index (Phi) is 6.07. The van der Waals surface area contributed by atoms with E-state index in [4.69, 9.17) is 4.86 Å². The third-order valence-corrected chi connectivity index (χ3v) is 8.76. The van der Waals surface area contributed by atoms with Crippen LogP contribution in [-0.2, 0) is 0 Å². The molecule has 0 aromatic heterocycles. The summed E-state index contributed by atoms with van der Waals surface area (Å²) in [6.45, 7) is 0. The van der Waals surface area contributed by atoms with Crippen LogP contribution >= 0.6 is 16.1 Å². The summed E-state index contributed by atoms with van der Waals surface area (Å²) >= 11 is 0. The van der Waals surface area contributed by atoms with Crippen LogP contribution in [0.25, 0.3) is 4.86 Å². The Morgan fingerprint density at radius 3 is 0.778 bits per heavy atom. The molecule has 0 aliphatic carbocycles. The van der Waals surface area contributed by atoms with Gasteiger partial charge in [0.25, 0.3) is 0 Å². The largest absolute Gasteiger partial charge is 0.595 e. The lowest BCUT2D eigenvalue weighted by molar-refractivity contribution is 1.75. The van der Waals surface area contributed by atoms with E-state index < -0.39 is 16.1 Å². The summed E-state index contributed by atoms with van der Waals surface area (Å²) in [6, 6.07) is 42.7. The van der Waals surface area contributed by atoms with Crippen molar-refractivity contribution < 1.29 is 0 Å². The van der Waals surface area contributed by atoms with E-state index in [1.165, 1.54) is 21.2 Å². The van der Waals surface area contributed by atoms with Crippen molar-refractivity contribution >= 4 is 37.4 Å². The maximum atomic E-state index is 5.49. The topological polar surface area (TPSA) is 14.1 Å². The van der Waals surface area contributed by atoms with Crippen molar-refractivity contribution in [1.29, 1.82) is 0 Å². The van der Waals surface area contributed by atoms with Crippen LogP contribution in [0.15, 0.2) is 121 Å². The fourth-order valence-electron chi connectivity index (χ4n) is 2.87. The van der Waals surface area contributed by atoms with Gasteiger partial charge in [-0.3, -0.25) is 0 Å². The maximum Gasteiger partial charge on any atom is -0.0398 e. The van der Waals surface area contributed by atoms with E-state index in [1.807, 2.05) is 0 Å². The molecule has 0 spiro atoms. The monoisotopic (exact) mass is 384 g/mol. The van der Waals surface area contributed by atoms with Crippen LogP contribution in [0.1, 0.15) is 0 Å². The van der Waals surface area contributed by atoms with Gasteiger partial charge in [0.1, 0.15) is 0 Å². The number of hydrogen-bond donors (Lipinski definition) is 0. The summed E-state index contributed by atoms with van der Waals surface area (Å²) in [5, 5.41) is 5.16. The zero-order valence-corrected chi connectivity index (χ0v) is 16.7. The van der Waals surface area contributed by atoms with E-state index in [0.29, 0.717) is 0 Å². The highest BCUT2D eigenvalue weighted by Crippen LogP contribution is 2.57. The molecule has 4 aromatic carbocycles. The highest BCUT2D eigenvalue weighted by molar-refractivity contribution is 7.92. The Morgan fingerprint density at radius 2 is 0.556 bits per heavy atom. The van der Waals surface area contributed by atoms with Crippen LogP contribution in [-0.4, -0.2) is 0 Å². The van der Waals surface area contributed by atoms with Crippen LogP contribution in [0.2, 0.25) is 0 Å². The fourth-order valence-corrected chi connectivity index (χ4v) is 7.65.